The molecule has 0 aromatic rings. The molecule has 18 heavy (non-hydrogen) atoms. The fraction of sp³-hybridized carbons (Fsp3) is 0.929. The van der Waals surface area contributed by atoms with Gasteiger partial charge in [0.1, 0.15) is 0 Å². The molecule has 1 atom stereocenters. The van der Waals surface area contributed by atoms with Gasteiger partial charge in [0.15, 0.2) is 0 Å². The second kappa shape index (κ2) is 7.10. The van der Waals surface area contributed by atoms with Gasteiger partial charge in [0.2, 0.25) is 0 Å². The number of likely N-dealkylation sites (tertiary alicyclic amines) is 1. The quantitative estimate of drug-likeness (QED) is 0.701. The molecule has 0 bridgehead atoms. The molecule has 0 amide bonds. The summed E-state index contributed by atoms with van der Waals surface area (Å²) in [5.41, 5.74) is -0.442. The van der Waals surface area contributed by atoms with E-state index in [9.17, 15) is 4.79 Å². The van der Waals surface area contributed by atoms with Crippen molar-refractivity contribution in [1.29, 1.82) is 0 Å². The molecular formula is C14H28N2O2. The van der Waals surface area contributed by atoms with Crippen molar-refractivity contribution in [3.05, 3.63) is 0 Å². The average Bonchev–Trinajstić information content (AvgIpc) is 2.80. The number of hydrogen-bond donors (Lipinski definition) is 1. The van der Waals surface area contributed by atoms with Crippen molar-refractivity contribution in [1.82, 2.24) is 10.2 Å². The van der Waals surface area contributed by atoms with Crippen LogP contribution in [-0.2, 0) is 9.53 Å². The zero-order chi connectivity index (χ0) is 13.6. The van der Waals surface area contributed by atoms with Crippen LogP contribution >= 0.6 is 0 Å². The zero-order valence-corrected chi connectivity index (χ0v) is 12.3. The van der Waals surface area contributed by atoms with E-state index in [4.69, 9.17) is 4.74 Å². The van der Waals surface area contributed by atoms with Crippen molar-refractivity contribution in [2.24, 2.45) is 11.3 Å². The minimum atomic E-state index is -0.442. The van der Waals surface area contributed by atoms with Gasteiger partial charge in [-0.2, -0.15) is 0 Å². The first-order chi connectivity index (χ1) is 8.45. The first-order valence-corrected chi connectivity index (χ1v) is 6.97. The third-order valence-electron chi connectivity index (χ3n) is 3.57. The van der Waals surface area contributed by atoms with Crippen LogP contribution in [-0.4, -0.2) is 50.7 Å². The summed E-state index contributed by atoms with van der Waals surface area (Å²) in [7, 11) is 1.44. The summed E-state index contributed by atoms with van der Waals surface area (Å²) in [5, 5.41) is 3.39. The molecule has 4 heteroatoms. The minimum Gasteiger partial charge on any atom is -0.469 e. The Balaban J connectivity index is 2.18. The van der Waals surface area contributed by atoms with Crippen LogP contribution in [0, 0.1) is 11.3 Å². The van der Waals surface area contributed by atoms with Gasteiger partial charge in [-0.15, -0.1) is 0 Å². The third-order valence-corrected chi connectivity index (χ3v) is 3.57. The maximum atomic E-state index is 11.5. The number of nitrogens with zero attached hydrogens (tertiary/aromatic N) is 1. The molecule has 1 aliphatic rings. The van der Waals surface area contributed by atoms with Gasteiger partial charge >= 0.3 is 5.97 Å². The molecule has 1 heterocycles. The van der Waals surface area contributed by atoms with Crippen molar-refractivity contribution in [2.45, 2.75) is 33.6 Å². The lowest BCUT2D eigenvalue weighted by Gasteiger charge is -2.24. The van der Waals surface area contributed by atoms with Crippen molar-refractivity contribution in [3.8, 4) is 0 Å². The third kappa shape index (κ3) is 4.94. The van der Waals surface area contributed by atoms with Crippen LogP contribution in [0.1, 0.15) is 33.6 Å². The van der Waals surface area contributed by atoms with Gasteiger partial charge in [0.25, 0.3) is 0 Å². The second-order valence-electron chi connectivity index (χ2n) is 6.12. The molecule has 1 fully saturated rings. The second-order valence-corrected chi connectivity index (χ2v) is 6.12. The number of hydrogen-bond acceptors (Lipinski definition) is 4. The lowest BCUT2D eigenvalue weighted by molar-refractivity contribution is -0.150. The van der Waals surface area contributed by atoms with Crippen molar-refractivity contribution in [3.63, 3.8) is 0 Å². The molecule has 0 aliphatic carbocycles. The maximum absolute atomic E-state index is 11.5. The predicted octanol–water partition coefficient (Wildman–Crippen LogP) is 1.51. The number of ether oxygens (including phenoxy) is 1. The van der Waals surface area contributed by atoms with Gasteiger partial charge < -0.3 is 15.0 Å². The van der Waals surface area contributed by atoms with Crippen LogP contribution in [0.5, 0.6) is 0 Å². The lowest BCUT2D eigenvalue weighted by atomic mass is 9.93. The van der Waals surface area contributed by atoms with Gasteiger partial charge in [-0.25, -0.2) is 0 Å². The number of esters is 1. The highest BCUT2D eigenvalue weighted by Gasteiger charge is 2.28. The van der Waals surface area contributed by atoms with Gasteiger partial charge in [-0.3, -0.25) is 4.79 Å². The highest BCUT2D eigenvalue weighted by molar-refractivity contribution is 5.76. The normalized spacial score (nSPS) is 18.9. The molecule has 0 radical (unpaired) electrons. The smallest absolute Gasteiger partial charge is 0.312 e. The van der Waals surface area contributed by atoms with Crippen molar-refractivity contribution < 1.29 is 9.53 Å². The summed E-state index contributed by atoms with van der Waals surface area (Å²) in [6.45, 7) is 11.4. The van der Waals surface area contributed by atoms with Crippen LogP contribution in [0.3, 0.4) is 0 Å². The van der Waals surface area contributed by atoms with Crippen LogP contribution < -0.4 is 5.32 Å². The number of methoxy groups -OCH3 is 1. The Bertz CT molecular complexity index is 261. The molecule has 1 N–H and O–H groups in total. The predicted molar refractivity (Wildman–Crippen MR) is 73.5 cm³/mol. The largest absolute Gasteiger partial charge is 0.469 e. The summed E-state index contributed by atoms with van der Waals surface area (Å²) in [5.74, 6) is 0.471. The van der Waals surface area contributed by atoms with E-state index < -0.39 is 5.41 Å². The molecule has 0 spiro atoms. The molecule has 1 aliphatic heterocycles. The van der Waals surface area contributed by atoms with E-state index in [-0.39, 0.29) is 5.97 Å². The zero-order valence-electron chi connectivity index (χ0n) is 12.3. The van der Waals surface area contributed by atoms with E-state index >= 15 is 0 Å². The molecule has 4 nitrogen and oxygen atoms in total. The number of rotatable bonds is 7. The Labute approximate surface area is 111 Å². The van der Waals surface area contributed by atoms with E-state index in [0.29, 0.717) is 12.5 Å². The fourth-order valence-corrected chi connectivity index (χ4v) is 2.45. The summed E-state index contributed by atoms with van der Waals surface area (Å²) in [6.07, 6.45) is 2.69. The van der Waals surface area contributed by atoms with E-state index in [1.807, 2.05) is 13.8 Å². The molecule has 0 aromatic heterocycles. The summed E-state index contributed by atoms with van der Waals surface area (Å²) in [6, 6.07) is 0. The molecule has 0 aromatic carbocycles. The fourth-order valence-electron chi connectivity index (χ4n) is 2.45. The summed E-state index contributed by atoms with van der Waals surface area (Å²) >= 11 is 0. The van der Waals surface area contributed by atoms with Crippen LogP contribution in [0.2, 0.25) is 0 Å². The average molecular weight is 256 g/mol. The van der Waals surface area contributed by atoms with E-state index in [0.717, 1.165) is 13.1 Å². The monoisotopic (exact) mass is 256 g/mol. The first kappa shape index (κ1) is 15.4. The number of carbonyl (C=O) groups is 1. The highest BCUT2D eigenvalue weighted by atomic mass is 16.5. The van der Waals surface area contributed by atoms with Crippen molar-refractivity contribution in [2.75, 3.05) is 39.8 Å². The highest BCUT2D eigenvalue weighted by Crippen LogP contribution is 2.15. The van der Waals surface area contributed by atoms with Gasteiger partial charge in [-0.1, -0.05) is 6.92 Å². The lowest BCUT2D eigenvalue weighted by Crippen LogP contribution is -2.40. The SMILES string of the molecule is COC(=O)C(C)(C)CNCC(C)CN1CCCC1. The Morgan fingerprint density at radius 2 is 2.00 bits per heavy atom. The van der Waals surface area contributed by atoms with Crippen molar-refractivity contribution >= 4 is 5.97 Å². The molecule has 1 rings (SSSR count). The van der Waals surface area contributed by atoms with Crippen LogP contribution in [0.15, 0.2) is 0 Å². The molecule has 0 saturated carbocycles. The Morgan fingerprint density at radius 1 is 1.39 bits per heavy atom. The van der Waals surface area contributed by atoms with Gasteiger partial charge in [-0.05, 0) is 52.2 Å². The topological polar surface area (TPSA) is 41.6 Å². The van der Waals surface area contributed by atoms with Crippen LogP contribution in [0.25, 0.3) is 0 Å². The summed E-state index contributed by atoms with van der Waals surface area (Å²) < 4.78 is 4.79. The summed E-state index contributed by atoms with van der Waals surface area (Å²) in [4.78, 5) is 14.0. The van der Waals surface area contributed by atoms with Gasteiger partial charge in [0.05, 0.1) is 12.5 Å². The molecule has 106 valence electrons. The van der Waals surface area contributed by atoms with E-state index in [1.165, 1.54) is 33.0 Å². The van der Waals surface area contributed by atoms with E-state index in [2.05, 4.69) is 17.1 Å². The molecular weight excluding hydrogens is 228 g/mol. The minimum absolute atomic E-state index is 0.151. The number of carbonyl (C=O) groups excluding carboxylic acids is 1. The molecule has 1 unspecified atom stereocenters. The standard InChI is InChI=1S/C14H28N2O2/c1-12(10-16-7-5-6-8-16)9-15-11-14(2,3)13(17)18-4/h12,15H,5-11H2,1-4H3. The Morgan fingerprint density at radius 3 is 2.56 bits per heavy atom. The maximum Gasteiger partial charge on any atom is 0.312 e. The van der Waals surface area contributed by atoms with Crippen LogP contribution in [0.4, 0.5) is 0 Å². The Kier molecular flexibility index (Phi) is 6.09. The number of nitrogens with one attached hydrogen (secondary N) is 1. The Hall–Kier alpha value is -0.610. The molecule has 1 saturated heterocycles. The first-order valence-electron chi connectivity index (χ1n) is 6.97. The van der Waals surface area contributed by atoms with Gasteiger partial charge in [0, 0.05) is 13.1 Å². The van der Waals surface area contributed by atoms with E-state index in [1.54, 1.807) is 0 Å².